The van der Waals surface area contributed by atoms with E-state index in [9.17, 15) is 5.11 Å². The fourth-order valence-corrected chi connectivity index (χ4v) is 5.86. The average Bonchev–Trinajstić information content (AvgIpc) is 2.88. The normalized spacial score (nSPS) is 34.3. The van der Waals surface area contributed by atoms with Gasteiger partial charge in [-0.2, -0.15) is 0 Å². The Hall–Kier alpha value is -0.351. The van der Waals surface area contributed by atoms with Crippen LogP contribution in [-0.4, -0.2) is 43.7 Å². The Morgan fingerprint density at radius 3 is 2.52 bits per heavy atom. The molecule has 1 aromatic carbocycles. The molecule has 3 atom stereocenters. The monoisotopic (exact) mass is 374 g/mol. The van der Waals surface area contributed by atoms with E-state index in [2.05, 4.69) is 12.1 Å². The van der Waals surface area contributed by atoms with E-state index in [-0.39, 0.29) is 21.1 Å². The Labute approximate surface area is 136 Å². The number of halogens is 1. The minimum atomic E-state index is -1.04. The SMILES string of the molecule is CC[C@]1(O)C([Se]c2ccccc2)=C(Cl)[C@@H]2OC(C)(C)O[C@@H]21. The Morgan fingerprint density at radius 1 is 1.24 bits per heavy atom. The summed E-state index contributed by atoms with van der Waals surface area (Å²) in [4.78, 5) is 0. The third-order valence-electron chi connectivity index (χ3n) is 3.93. The molecule has 1 N–H and O–H groups in total. The molecule has 0 saturated carbocycles. The van der Waals surface area contributed by atoms with E-state index >= 15 is 0 Å². The molecule has 3 nitrogen and oxygen atoms in total. The zero-order valence-electron chi connectivity index (χ0n) is 12.3. The summed E-state index contributed by atoms with van der Waals surface area (Å²) in [5.41, 5.74) is -1.04. The van der Waals surface area contributed by atoms with Crippen LogP contribution < -0.4 is 4.46 Å². The number of ether oxygens (including phenoxy) is 2. The van der Waals surface area contributed by atoms with Gasteiger partial charge in [-0.25, -0.2) is 0 Å². The van der Waals surface area contributed by atoms with Gasteiger partial charge in [-0.3, -0.25) is 0 Å². The van der Waals surface area contributed by atoms with Gasteiger partial charge in [0.25, 0.3) is 0 Å². The van der Waals surface area contributed by atoms with Gasteiger partial charge >= 0.3 is 136 Å². The predicted molar refractivity (Wildman–Crippen MR) is 83.8 cm³/mol. The van der Waals surface area contributed by atoms with Crippen LogP contribution in [0.15, 0.2) is 39.8 Å². The molecule has 5 heteroatoms. The van der Waals surface area contributed by atoms with Crippen molar-refractivity contribution in [2.45, 2.75) is 50.8 Å². The maximum atomic E-state index is 11.2. The van der Waals surface area contributed by atoms with E-state index in [0.717, 1.165) is 4.47 Å². The van der Waals surface area contributed by atoms with Crippen molar-refractivity contribution >= 4 is 31.0 Å². The summed E-state index contributed by atoms with van der Waals surface area (Å²) < 4.78 is 13.9. The maximum absolute atomic E-state index is 11.2. The zero-order chi connectivity index (χ0) is 15.3. The van der Waals surface area contributed by atoms with E-state index in [1.54, 1.807) is 0 Å². The van der Waals surface area contributed by atoms with Crippen LogP contribution in [0.1, 0.15) is 27.2 Å². The average molecular weight is 374 g/mol. The second-order valence-corrected chi connectivity index (χ2v) is 8.53. The second kappa shape index (κ2) is 5.38. The molecule has 2 aliphatic rings. The first-order valence-electron chi connectivity index (χ1n) is 7.08. The number of aliphatic hydroxyl groups is 1. The Bertz CT molecular complexity index is 572. The summed E-state index contributed by atoms with van der Waals surface area (Å²) >= 11 is 6.51. The summed E-state index contributed by atoms with van der Waals surface area (Å²) in [5, 5.41) is 11.8. The van der Waals surface area contributed by atoms with Crippen LogP contribution in [0.3, 0.4) is 0 Å². The first kappa shape index (κ1) is 15.5. The Balaban J connectivity index is 1.97. The summed E-state index contributed by atoms with van der Waals surface area (Å²) in [6.45, 7) is 5.67. The van der Waals surface area contributed by atoms with Crippen LogP contribution in [0.2, 0.25) is 0 Å². The molecule has 0 bridgehead atoms. The third-order valence-corrected chi connectivity index (χ3v) is 7.28. The van der Waals surface area contributed by atoms with Crippen LogP contribution in [0, 0.1) is 0 Å². The molecule has 1 aromatic rings. The first-order chi connectivity index (χ1) is 9.87. The van der Waals surface area contributed by atoms with Crippen molar-refractivity contribution in [2.75, 3.05) is 0 Å². The molecule has 21 heavy (non-hydrogen) atoms. The zero-order valence-corrected chi connectivity index (χ0v) is 14.8. The number of hydrogen-bond acceptors (Lipinski definition) is 3. The topological polar surface area (TPSA) is 38.7 Å². The molecular weight excluding hydrogens is 355 g/mol. The van der Waals surface area contributed by atoms with Crippen LogP contribution in [0.4, 0.5) is 0 Å². The number of fused-ring (bicyclic) bond motifs is 1. The van der Waals surface area contributed by atoms with Crippen LogP contribution in [0.25, 0.3) is 0 Å². The van der Waals surface area contributed by atoms with Crippen LogP contribution >= 0.6 is 11.6 Å². The van der Waals surface area contributed by atoms with Gasteiger partial charge in [-0.1, -0.05) is 0 Å². The molecule has 0 unspecified atom stereocenters. The fourth-order valence-electron chi connectivity index (χ4n) is 2.87. The Morgan fingerprint density at radius 2 is 1.90 bits per heavy atom. The van der Waals surface area contributed by atoms with Crippen molar-refractivity contribution in [3.63, 3.8) is 0 Å². The molecule has 114 valence electrons. The number of benzene rings is 1. The van der Waals surface area contributed by atoms with E-state index in [0.29, 0.717) is 11.5 Å². The van der Waals surface area contributed by atoms with Crippen molar-refractivity contribution in [1.82, 2.24) is 0 Å². The molecule has 3 rings (SSSR count). The van der Waals surface area contributed by atoms with Gasteiger partial charge < -0.3 is 0 Å². The minimum absolute atomic E-state index is 0.0374. The van der Waals surface area contributed by atoms with Crippen molar-refractivity contribution in [2.24, 2.45) is 0 Å². The number of rotatable bonds is 3. The van der Waals surface area contributed by atoms with Gasteiger partial charge in [0.1, 0.15) is 0 Å². The van der Waals surface area contributed by atoms with Gasteiger partial charge in [0.15, 0.2) is 0 Å². The van der Waals surface area contributed by atoms with Gasteiger partial charge in [-0.05, 0) is 0 Å². The molecule has 1 aliphatic carbocycles. The van der Waals surface area contributed by atoms with Crippen molar-refractivity contribution < 1.29 is 14.6 Å². The van der Waals surface area contributed by atoms with Gasteiger partial charge in [0.2, 0.25) is 0 Å². The van der Waals surface area contributed by atoms with Gasteiger partial charge in [-0.15, -0.1) is 0 Å². The molecule has 0 spiro atoms. The number of hydrogen-bond donors (Lipinski definition) is 1. The molecule has 1 fully saturated rings. The van der Waals surface area contributed by atoms with E-state index < -0.39 is 17.5 Å². The summed E-state index contributed by atoms with van der Waals surface area (Å²) in [7, 11) is 0. The fraction of sp³-hybridized carbons (Fsp3) is 0.500. The molecule has 0 aromatic heterocycles. The molecule has 1 saturated heterocycles. The van der Waals surface area contributed by atoms with E-state index in [1.165, 1.54) is 4.46 Å². The molecule has 1 heterocycles. The first-order valence-corrected chi connectivity index (χ1v) is 9.17. The van der Waals surface area contributed by atoms with Crippen molar-refractivity contribution in [1.29, 1.82) is 0 Å². The molecule has 0 amide bonds. The van der Waals surface area contributed by atoms with E-state index in [1.807, 2.05) is 39.0 Å². The van der Waals surface area contributed by atoms with Crippen molar-refractivity contribution in [3.8, 4) is 0 Å². The van der Waals surface area contributed by atoms with Crippen LogP contribution in [-0.2, 0) is 9.47 Å². The summed E-state index contributed by atoms with van der Waals surface area (Å²) in [6.07, 6.45) is -0.203. The van der Waals surface area contributed by atoms with Gasteiger partial charge in [0.05, 0.1) is 0 Å². The molecular formula is C16H19ClO3Se. The Kier molecular flexibility index (Phi) is 3.98. The molecule has 1 aliphatic heterocycles. The standard InChI is InChI=1S/C16H19ClO3Se/c1-4-16(18)13-12(19-15(2,3)20-13)11(17)14(16)21-10-8-6-5-7-9-10/h5-9,12-13,18H,4H2,1-3H3/t12-,13-,16+/m0/s1. The summed E-state index contributed by atoms with van der Waals surface area (Å²) in [6, 6.07) is 10.1. The quantitative estimate of drug-likeness (QED) is 0.825. The van der Waals surface area contributed by atoms with E-state index in [4.69, 9.17) is 21.1 Å². The summed E-state index contributed by atoms with van der Waals surface area (Å²) in [5.74, 6) is -0.704. The van der Waals surface area contributed by atoms with Gasteiger partial charge in [0, 0.05) is 0 Å². The predicted octanol–water partition coefficient (Wildman–Crippen LogP) is 2.14. The van der Waals surface area contributed by atoms with Crippen molar-refractivity contribution in [3.05, 3.63) is 39.8 Å². The second-order valence-electron chi connectivity index (χ2n) is 5.85. The third kappa shape index (κ3) is 2.59. The molecule has 0 radical (unpaired) electrons. The van der Waals surface area contributed by atoms with Crippen LogP contribution in [0.5, 0.6) is 0 Å².